The van der Waals surface area contributed by atoms with E-state index in [2.05, 4.69) is 43.5 Å². The highest BCUT2D eigenvalue weighted by Gasteiger charge is 2.14. The molecular weight excluding hydrogens is 332 g/mol. The lowest BCUT2D eigenvalue weighted by Crippen LogP contribution is -2.17. The zero-order valence-corrected chi connectivity index (χ0v) is 13.6. The second kappa shape index (κ2) is 7.17. The second-order valence-electron chi connectivity index (χ2n) is 4.60. The number of anilines is 2. The highest BCUT2D eigenvalue weighted by atomic mass is 79.9. The Hall–Kier alpha value is -1.95. The number of pyridine rings is 2. The van der Waals surface area contributed by atoms with E-state index in [-0.39, 0.29) is 5.91 Å². The van der Waals surface area contributed by atoms with E-state index in [0.717, 1.165) is 23.0 Å². The van der Waals surface area contributed by atoms with Crippen molar-refractivity contribution in [1.29, 1.82) is 0 Å². The highest BCUT2D eigenvalue weighted by molar-refractivity contribution is 9.10. The van der Waals surface area contributed by atoms with Gasteiger partial charge in [0.2, 0.25) is 0 Å². The molecular formula is C15H17BrN4O. The van der Waals surface area contributed by atoms with Crippen molar-refractivity contribution in [2.45, 2.75) is 20.3 Å². The number of hydrogen-bond acceptors (Lipinski definition) is 4. The maximum absolute atomic E-state index is 12.5. The summed E-state index contributed by atoms with van der Waals surface area (Å²) in [6.45, 7) is 4.72. The Morgan fingerprint density at radius 1 is 1.33 bits per heavy atom. The molecule has 0 aliphatic heterocycles. The number of halogens is 1. The van der Waals surface area contributed by atoms with Gasteiger partial charge in [0.25, 0.3) is 5.91 Å². The first-order chi connectivity index (χ1) is 10.1. The molecule has 0 fully saturated rings. The normalized spacial score (nSPS) is 10.2. The van der Waals surface area contributed by atoms with E-state index in [1.54, 1.807) is 18.5 Å². The minimum absolute atomic E-state index is 0.232. The first-order valence-corrected chi connectivity index (χ1v) is 7.53. The van der Waals surface area contributed by atoms with Crippen LogP contribution in [0.25, 0.3) is 0 Å². The lowest BCUT2D eigenvalue weighted by molar-refractivity contribution is 0.102. The van der Waals surface area contributed by atoms with Crippen molar-refractivity contribution >= 4 is 33.5 Å². The zero-order chi connectivity index (χ0) is 15.2. The monoisotopic (exact) mass is 348 g/mol. The molecule has 1 amide bonds. The van der Waals surface area contributed by atoms with Gasteiger partial charge in [-0.2, -0.15) is 0 Å². The van der Waals surface area contributed by atoms with Crippen LogP contribution in [0.15, 0.2) is 35.1 Å². The smallest absolute Gasteiger partial charge is 0.260 e. The molecule has 0 atom stereocenters. The molecule has 2 heterocycles. The van der Waals surface area contributed by atoms with E-state index in [0.29, 0.717) is 17.2 Å². The van der Waals surface area contributed by atoms with Crippen LogP contribution in [0.4, 0.5) is 11.6 Å². The molecule has 0 saturated heterocycles. The van der Waals surface area contributed by atoms with Crippen LogP contribution in [-0.2, 0) is 0 Å². The molecule has 0 unspecified atom stereocenters. The first kappa shape index (κ1) is 15.4. The number of nitrogens with zero attached hydrogens (tertiary/aromatic N) is 2. The predicted octanol–water partition coefficient (Wildman–Crippen LogP) is 3.62. The van der Waals surface area contributed by atoms with Gasteiger partial charge in [-0.1, -0.05) is 13.0 Å². The first-order valence-electron chi connectivity index (χ1n) is 6.74. The van der Waals surface area contributed by atoms with Crippen LogP contribution >= 0.6 is 15.9 Å². The van der Waals surface area contributed by atoms with Gasteiger partial charge in [-0.15, -0.1) is 0 Å². The Kier molecular flexibility index (Phi) is 5.27. The van der Waals surface area contributed by atoms with Crippen LogP contribution < -0.4 is 10.6 Å². The van der Waals surface area contributed by atoms with Gasteiger partial charge in [0.15, 0.2) is 0 Å². The number of amides is 1. The van der Waals surface area contributed by atoms with Crippen molar-refractivity contribution in [3.63, 3.8) is 0 Å². The summed E-state index contributed by atoms with van der Waals surface area (Å²) in [4.78, 5) is 20.9. The summed E-state index contributed by atoms with van der Waals surface area (Å²) in [5, 5.41) is 5.98. The topological polar surface area (TPSA) is 66.9 Å². The number of aromatic nitrogens is 2. The third-order valence-corrected chi connectivity index (χ3v) is 3.32. The molecule has 0 spiro atoms. The molecule has 2 aromatic rings. The number of carbonyl (C=O) groups excluding carboxylic acids is 1. The van der Waals surface area contributed by atoms with E-state index in [1.807, 2.05) is 19.1 Å². The van der Waals surface area contributed by atoms with Crippen molar-refractivity contribution in [2.24, 2.45) is 0 Å². The fraction of sp³-hybridized carbons (Fsp3) is 0.267. The SMILES string of the molecule is CCCNc1ncc(Br)cc1C(=O)Nc1ncccc1C. The predicted molar refractivity (Wildman–Crippen MR) is 87.6 cm³/mol. The zero-order valence-electron chi connectivity index (χ0n) is 12.0. The van der Waals surface area contributed by atoms with Gasteiger partial charge in [-0.25, -0.2) is 9.97 Å². The molecule has 21 heavy (non-hydrogen) atoms. The van der Waals surface area contributed by atoms with Crippen LogP contribution in [-0.4, -0.2) is 22.4 Å². The maximum Gasteiger partial charge on any atom is 0.260 e. The summed E-state index contributed by atoms with van der Waals surface area (Å²) in [7, 11) is 0. The van der Waals surface area contributed by atoms with Crippen LogP contribution in [0.1, 0.15) is 29.3 Å². The number of nitrogens with one attached hydrogen (secondary N) is 2. The average Bonchev–Trinajstić information content (AvgIpc) is 2.48. The number of aryl methyl sites for hydroxylation is 1. The largest absolute Gasteiger partial charge is 0.369 e. The summed E-state index contributed by atoms with van der Waals surface area (Å²) in [6, 6.07) is 5.48. The van der Waals surface area contributed by atoms with Gasteiger partial charge >= 0.3 is 0 Å². The Bertz CT molecular complexity index is 645. The number of rotatable bonds is 5. The second-order valence-corrected chi connectivity index (χ2v) is 5.52. The van der Waals surface area contributed by atoms with Gasteiger partial charge in [-0.3, -0.25) is 4.79 Å². The van der Waals surface area contributed by atoms with Crippen LogP contribution in [0, 0.1) is 6.92 Å². The Morgan fingerprint density at radius 2 is 2.14 bits per heavy atom. The third kappa shape index (κ3) is 4.01. The molecule has 0 saturated carbocycles. The van der Waals surface area contributed by atoms with E-state index in [4.69, 9.17) is 0 Å². The van der Waals surface area contributed by atoms with Gasteiger partial charge < -0.3 is 10.6 Å². The number of hydrogen-bond donors (Lipinski definition) is 2. The molecule has 0 aromatic carbocycles. The lowest BCUT2D eigenvalue weighted by atomic mass is 10.2. The summed E-state index contributed by atoms with van der Waals surface area (Å²) in [5.74, 6) is 0.902. The van der Waals surface area contributed by atoms with Crippen molar-refractivity contribution in [2.75, 3.05) is 17.2 Å². The van der Waals surface area contributed by atoms with Crippen molar-refractivity contribution in [3.8, 4) is 0 Å². The lowest BCUT2D eigenvalue weighted by Gasteiger charge is -2.11. The minimum atomic E-state index is -0.232. The standard InChI is InChI=1S/C15H17BrN4O/c1-3-6-17-14-12(8-11(16)9-19-14)15(21)20-13-10(2)5-4-7-18-13/h4-5,7-9H,3,6H2,1-2H3,(H,17,19)(H,18,20,21). The number of carbonyl (C=O) groups is 1. The Labute approximate surface area is 132 Å². The van der Waals surface area contributed by atoms with E-state index in [1.165, 1.54) is 0 Å². The molecule has 0 radical (unpaired) electrons. The van der Waals surface area contributed by atoms with Crippen LogP contribution in [0.5, 0.6) is 0 Å². The molecule has 0 bridgehead atoms. The molecule has 5 nitrogen and oxygen atoms in total. The van der Waals surface area contributed by atoms with E-state index < -0.39 is 0 Å². The Morgan fingerprint density at radius 3 is 2.86 bits per heavy atom. The summed E-state index contributed by atoms with van der Waals surface area (Å²) in [6.07, 6.45) is 4.27. The van der Waals surface area contributed by atoms with Crippen molar-refractivity contribution in [1.82, 2.24) is 9.97 Å². The molecule has 0 aliphatic carbocycles. The van der Waals surface area contributed by atoms with Gasteiger partial charge in [0.05, 0.1) is 5.56 Å². The minimum Gasteiger partial charge on any atom is -0.369 e. The average molecular weight is 349 g/mol. The Balaban J connectivity index is 2.25. The maximum atomic E-state index is 12.5. The van der Waals surface area contributed by atoms with E-state index in [9.17, 15) is 4.79 Å². The van der Waals surface area contributed by atoms with Gasteiger partial charge in [0, 0.05) is 23.4 Å². The van der Waals surface area contributed by atoms with Crippen LogP contribution in [0.3, 0.4) is 0 Å². The molecule has 2 rings (SSSR count). The van der Waals surface area contributed by atoms with Crippen LogP contribution in [0.2, 0.25) is 0 Å². The molecule has 2 N–H and O–H groups in total. The van der Waals surface area contributed by atoms with Crippen molar-refractivity contribution < 1.29 is 4.79 Å². The molecule has 2 aromatic heterocycles. The highest BCUT2D eigenvalue weighted by Crippen LogP contribution is 2.20. The molecule has 6 heteroatoms. The van der Waals surface area contributed by atoms with Gasteiger partial charge in [-0.05, 0) is 47.0 Å². The molecule has 110 valence electrons. The van der Waals surface area contributed by atoms with Gasteiger partial charge in [0.1, 0.15) is 11.6 Å². The quantitative estimate of drug-likeness (QED) is 0.865. The fourth-order valence-corrected chi connectivity index (χ4v) is 2.12. The summed E-state index contributed by atoms with van der Waals surface area (Å²) < 4.78 is 0.757. The van der Waals surface area contributed by atoms with Crippen molar-refractivity contribution in [3.05, 3.63) is 46.2 Å². The molecule has 0 aliphatic rings. The summed E-state index contributed by atoms with van der Waals surface area (Å²) in [5.41, 5.74) is 1.40. The fourth-order valence-electron chi connectivity index (χ4n) is 1.79. The third-order valence-electron chi connectivity index (χ3n) is 2.88. The summed E-state index contributed by atoms with van der Waals surface area (Å²) >= 11 is 3.35. The van der Waals surface area contributed by atoms with E-state index >= 15 is 0 Å².